The Hall–Kier alpha value is -6.44. The average molecular weight is 840 g/mol. The van der Waals surface area contributed by atoms with E-state index in [1.165, 1.54) is 10.4 Å². The number of allylic oxidation sites excluding steroid dienone is 5. The Morgan fingerprint density at radius 2 is 1.44 bits per heavy atom. The van der Waals surface area contributed by atoms with Crippen LogP contribution in [0.1, 0.15) is 61.2 Å². The van der Waals surface area contributed by atoms with Gasteiger partial charge in [-0.2, -0.15) is 0 Å². The highest BCUT2D eigenvalue weighted by Crippen LogP contribution is 2.41. The van der Waals surface area contributed by atoms with Crippen LogP contribution < -0.4 is 18.9 Å². The maximum atomic E-state index is 14.0. The van der Waals surface area contributed by atoms with Crippen LogP contribution in [0.5, 0.6) is 23.0 Å². The van der Waals surface area contributed by atoms with Gasteiger partial charge in [0.15, 0.2) is 23.0 Å². The predicted molar refractivity (Wildman–Crippen MR) is 238 cm³/mol. The van der Waals surface area contributed by atoms with E-state index in [1.54, 1.807) is 67.9 Å². The molecule has 61 heavy (non-hydrogen) atoms. The van der Waals surface area contributed by atoms with Crippen LogP contribution in [-0.4, -0.2) is 86.5 Å². The summed E-state index contributed by atoms with van der Waals surface area (Å²) in [6, 6.07) is 15.0. The smallest absolute Gasteiger partial charge is 0.260 e. The van der Waals surface area contributed by atoms with Gasteiger partial charge in [-0.15, -0.1) is 11.3 Å². The highest BCUT2D eigenvalue weighted by Gasteiger charge is 2.35. The van der Waals surface area contributed by atoms with Crippen molar-refractivity contribution >= 4 is 47.0 Å². The molecule has 0 bridgehead atoms. The van der Waals surface area contributed by atoms with E-state index < -0.39 is 0 Å². The van der Waals surface area contributed by atoms with Gasteiger partial charge < -0.3 is 38.4 Å². The van der Waals surface area contributed by atoms with Crippen LogP contribution in [0.25, 0.3) is 0 Å². The lowest BCUT2D eigenvalue weighted by Crippen LogP contribution is -2.44. The Morgan fingerprint density at radius 1 is 0.820 bits per heavy atom. The molecule has 0 saturated carbocycles. The fraction of sp³-hybridized carbons (Fsp3) is 0.292. The molecule has 0 radical (unpaired) electrons. The lowest BCUT2D eigenvalue weighted by atomic mass is 10.0. The summed E-state index contributed by atoms with van der Waals surface area (Å²) in [5.74, 6) is 2.35. The van der Waals surface area contributed by atoms with Crippen molar-refractivity contribution in [3.05, 3.63) is 140 Å². The molecule has 0 N–H and O–H groups in total. The SMILES string of the molecule is C=C/C(=C\C=C(/C)OC)C1=CN2C(=O)c3cc(OC)c(OCc4cc(COc5cc6c(cc5OC)C(=O)N5Cc7ccsc7C[C@H]5C=N6)cc(CN(C)C)c4)cc3N=C[C@@H]2C1. The molecule has 4 aromatic rings. The number of carbonyl (C=O) groups excluding carboxylic acids is 2. The van der Waals surface area contributed by atoms with Crippen molar-refractivity contribution in [1.82, 2.24) is 14.7 Å². The number of rotatable bonds is 14. The molecule has 5 heterocycles. The zero-order valence-electron chi connectivity index (χ0n) is 35.3. The summed E-state index contributed by atoms with van der Waals surface area (Å²) in [5, 5.41) is 2.08. The fourth-order valence-electron chi connectivity index (χ4n) is 8.00. The third kappa shape index (κ3) is 8.61. The average Bonchev–Trinajstić information content (AvgIpc) is 3.86. The van der Waals surface area contributed by atoms with E-state index in [2.05, 4.69) is 35.1 Å². The fourth-order valence-corrected chi connectivity index (χ4v) is 8.95. The van der Waals surface area contributed by atoms with Crippen LogP contribution in [0.3, 0.4) is 0 Å². The molecule has 1 aromatic heterocycles. The van der Waals surface area contributed by atoms with Crippen LogP contribution >= 0.6 is 11.3 Å². The zero-order valence-corrected chi connectivity index (χ0v) is 36.1. The third-order valence-electron chi connectivity index (χ3n) is 11.2. The van der Waals surface area contributed by atoms with E-state index >= 15 is 0 Å². The second kappa shape index (κ2) is 17.6. The Bertz CT molecular complexity index is 2550. The molecule has 13 heteroatoms. The van der Waals surface area contributed by atoms with Gasteiger partial charge in [0.1, 0.15) is 13.2 Å². The van der Waals surface area contributed by atoms with Gasteiger partial charge in [-0.1, -0.05) is 30.9 Å². The number of thiophene rings is 1. The molecule has 314 valence electrons. The lowest BCUT2D eigenvalue weighted by molar-refractivity contribution is 0.0704. The van der Waals surface area contributed by atoms with Crippen molar-refractivity contribution in [2.75, 3.05) is 35.4 Å². The van der Waals surface area contributed by atoms with Crippen LogP contribution in [0.4, 0.5) is 11.4 Å². The Kier molecular flexibility index (Phi) is 12.0. The van der Waals surface area contributed by atoms with Crippen LogP contribution in [0.2, 0.25) is 0 Å². The first kappa shape index (κ1) is 41.3. The van der Waals surface area contributed by atoms with Crippen molar-refractivity contribution in [2.24, 2.45) is 9.98 Å². The topological polar surface area (TPSA) is 115 Å². The Labute approximate surface area is 360 Å². The summed E-state index contributed by atoms with van der Waals surface area (Å²) in [6.45, 7) is 7.56. The molecule has 4 aliphatic rings. The summed E-state index contributed by atoms with van der Waals surface area (Å²) < 4.78 is 29.7. The first-order valence-corrected chi connectivity index (χ1v) is 20.9. The molecule has 0 spiro atoms. The zero-order chi connectivity index (χ0) is 42.8. The molecule has 8 rings (SSSR count). The number of amides is 2. The van der Waals surface area contributed by atoms with Gasteiger partial charge in [0, 0.05) is 61.6 Å². The second-order valence-corrected chi connectivity index (χ2v) is 16.6. The number of fused-ring (bicyclic) bond motifs is 5. The van der Waals surface area contributed by atoms with Crippen LogP contribution in [0.15, 0.2) is 112 Å². The molecule has 3 aromatic carbocycles. The van der Waals surface area contributed by atoms with E-state index in [-0.39, 0.29) is 37.1 Å². The number of carbonyl (C=O) groups is 2. The minimum atomic E-state index is -0.250. The number of ether oxygens (including phenoxy) is 5. The Morgan fingerprint density at radius 3 is 2.05 bits per heavy atom. The van der Waals surface area contributed by atoms with E-state index in [0.29, 0.717) is 65.0 Å². The van der Waals surface area contributed by atoms with E-state index in [4.69, 9.17) is 33.7 Å². The monoisotopic (exact) mass is 839 g/mol. The molecular weight excluding hydrogens is 791 g/mol. The van der Waals surface area contributed by atoms with Crippen molar-refractivity contribution < 1.29 is 33.3 Å². The van der Waals surface area contributed by atoms with E-state index in [1.807, 2.05) is 62.8 Å². The summed E-state index contributed by atoms with van der Waals surface area (Å²) in [6.07, 6.45) is 12.5. The summed E-state index contributed by atoms with van der Waals surface area (Å²) >= 11 is 1.72. The second-order valence-electron chi connectivity index (χ2n) is 15.6. The van der Waals surface area contributed by atoms with Crippen molar-refractivity contribution in [2.45, 2.75) is 58.2 Å². The van der Waals surface area contributed by atoms with Crippen molar-refractivity contribution in [1.29, 1.82) is 0 Å². The number of methoxy groups -OCH3 is 3. The molecule has 2 amide bonds. The summed E-state index contributed by atoms with van der Waals surface area (Å²) in [4.78, 5) is 44.4. The van der Waals surface area contributed by atoms with Crippen molar-refractivity contribution in [3.63, 3.8) is 0 Å². The first-order valence-electron chi connectivity index (χ1n) is 20.0. The third-order valence-corrected chi connectivity index (χ3v) is 12.1. The number of aliphatic imine (C=N–C) groups is 2. The number of benzene rings is 3. The normalized spacial score (nSPS) is 18.0. The molecule has 0 fully saturated rings. The maximum Gasteiger partial charge on any atom is 0.260 e. The number of hydrogen-bond donors (Lipinski definition) is 0. The highest BCUT2D eigenvalue weighted by atomic mass is 32.1. The van der Waals surface area contributed by atoms with Gasteiger partial charge in [-0.3, -0.25) is 19.6 Å². The molecular formula is C48H49N5O7S. The predicted octanol–water partition coefficient (Wildman–Crippen LogP) is 8.74. The molecule has 12 nitrogen and oxygen atoms in total. The molecule has 0 unspecified atom stereocenters. The largest absolute Gasteiger partial charge is 0.501 e. The quantitative estimate of drug-likeness (QED) is 0.0916. The minimum Gasteiger partial charge on any atom is -0.501 e. The molecule has 0 aliphatic carbocycles. The van der Waals surface area contributed by atoms with Gasteiger partial charge in [0.2, 0.25) is 0 Å². The molecule has 2 atom stereocenters. The standard InChI is InChI=1S/C48H49N5O7S/c1-8-33(10-9-29(2)56-5)35-16-36-22-49-40-20-44(43(58-7)19-39(40)48(55)53(36)26-35)59-27-31-13-30(24-51(3)4)14-32(15-31)28-60-45-21-41-38(18-42(45)57-6)47(54)52-25-34-11-12-61-46(34)17-37(52)23-50-41/h8-15,18-23,26,36-37H,1,16-17,24-25,27-28H2,2-7H3/b29-9+,33-10+/t36-,37-/m0/s1. The maximum absolute atomic E-state index is 14.0. The number of nitrogens with zero attached hydrogens (tertiary/aromatic N) is 5. The molecule has 4 aliphatic heterocycles. The first-order chi connectivity index (χ1) is 29.5. The van der Waals surface area contributed by atoms with E-state index in [0.717, 1.165) is 40.0 Å². The van der Waals surface area contributed by atoms with Gasteiger partial charge in [-0.05, 0) is 90.1 Å². The van der Waals surface area contributed by atoms with Crippen LogP contribution in [0, 0.1) is 0 Å². The molecule has 0 saturated heterocycles. The summed E-state index contributed by atoms with van der Waals surface area (Å²) in [7, 11) is 8.80. The Balaban J connectivity index is 1.00. The van der Waals surface area contributed by atoms with Gasteiger partial charge in [0.05, 0.1) is 61.7 Å². The van der Waals surface area contributed by atoms with E-state index in [9.17, 15) is 9.59 Å². The van der Waals surface area contributed by atoms with Gasteiger partial charge in [-0.25, -0.2) is 0 Å². The van der Waals surface area contributed by atoms with Crippen molar-refractivity contribution in [3.8, 4) is 23.0 Å². The minimum absolute atomic E-state index is 0.0750. The van der Waals surface area contributed by atoms with Crippen LogP contribution in [-0.2, 0) is 37.5 Å². The van der Waals surface area contributed by atoms with Gasteiger partial charge in [0.25, 0.3) is 11.8 Å². The van der Waals surface area contributed by atoms with Gasteiger partial charge >= 0.3 is 0 Å². The summed E-state index contributed by atoms with van der Waals surface area (Å²) in [5.41, 5.74) is 7.97. The highest BCUT2D eigenvalue weighted by molar-refractivity contribution is 7.10. The lowest BCUT2D eigenvalue weighted by Gasteiger charge is -2.32. The number of hydrogen-bond acceptors (Lipinski definition) is 11.